The number of hydrogen-bond donors (Lipinski definition) is 2. The summed E-state index contributed by atoms with van der Waals surface area (Å²) in [5, 5.41) is 14.2. The van der Waals surface area contributed by atoms with Gasteiger partial charge in [0, 0.05) is 38.4 Å². The molecule has 0 fully saturated rings. The number of imidazole rings is 1. The molecule has 8 nitrogen and oxygen atoms in total. The van der Waals surface area contributed by atoms with E-state index < -0.39 is 24.3 Å². The molecule has 0 aliphatic carbocycles. The minimum absolute atomic E-state index is 0.167. The Hall–Kier alpha value is -3.20. The number of carboxylic acid groups (broad SMARTS) is 2. The van der Waals surface area contributed by atoms with Gasteiger partial charge in [-0.25, -0.2) is 19.0 Å². The van der Waals surface area contributed by atoms with Gasteiger partial charge in [0.05, 0.1) is 12.2 Å². The number of aliphatic carboxylic acids is 2. The van der Waals surface area contributed by atoms with Gasteiger partial charge in [-0.05, 0) is 38.6 Å². The molecule has 208 valence electrons. The molecule has 15 heteroatoms. The minimum Gasteiger partial charge on any atom is -0.475 e. The molecule has 3 rings (SSSR count). The second kappa shape index (κ2) is 13.4. The highest BCUT2D eigenvalue weighted by molar-refractivity contribution is 5.73. The van der Waals surface area contributed by atoms with Crippen LogP contribution in [0.1, 0.15) is 30.9 Å². The van der Waals surface area contributed by atoms with E-state index >= 15 is 0 Å². The maximum atomic E-state index is 13.3. The number of nitrogens with zero attached hydrogens (tertiary/aromatic N) is 4. The van der Waals surface area contributed by atoms with E-state index in [9.17, 15) is 30.7 Å². The zero-order chi connectivity index (χ0) is 28.6. The predicted molar refractivity (Wildman–Crippen MR) is 117 cm³/mol. The van der Waals surface area contributed by atoms with Crippen LogP contribution in [0.4, 0.5) is 30.7 Å². The average molecular weight is 544 g/mol. The van der Waals surface area contributed by atoms with Crippen molar-refractivity contribution in [2.24, 2.45) is 0 Å². The summed E-state index contributed by atoms with van der Waals surface area (Å²) < 4.78 is 79.1. The summed E-state index contributed by atoms with van der Waals surface area (Å²) in [4.78, 5) is 27.0. The van der Waals surface area contributed by atoms with E-state index in [-0.39, 0.29) is 5.82 Å². The lowest BCUT2D eigenvalue weighted by molar-refractivity contribution is -0.193. The zero-order valence-electron chi connectivity index (χ0n) is 20.1. The van der Waals surface area contributed by atoms with Gasteiger partial charge in [-0.1, -0.05) is 12.1 Å². The molecule has 1 aliphatic heterocycles. The molecule has 0 spiro atoms. The van der Waals surface area contributed by atoms with Crippen molar-refractivity contribution in [1.82, 2.24) is 19.4 Å². The lowest BCUT2D eigenvalue weighted by atomic mass is 10.2. The summed E-state index contributed by atoms with van der Waals surface area (Å²) in [6.45, 7) is 8.84. The standard InChI is InChI=1S/C18H25FN4.2C2HF3O2/c1-14(2)21(3)12-17-10-20-18-13-22(7-8-23(17)18)11-15-5-4-6-16(19)9-15;2*3-2(4,5)1(6)7/h4-6,9-10,14H,7-8,11-13H2,1-3H3;2*(H,6,7). The lowest BCUT2D eigenvalue weighted by Gasteiger charge is -2.29. The number of carboxylic acids is 2. The first-order valence-electron chi connectivity index (χ1n) is 10.7. The summed E-state index contributed by atoms with van der Waals surface area (Å²) in [6, 6.07) is 7.38. The van der Waals surface area contributed by atoms with Crippen molar-refractivity contribution < 1.29 is 50.5 Å². The van der Waals surface area contributed by atoms with Crippen LogP contribution in [0.2, 0.25) is 0 Å². The van der Waals surface area contributed by atoms with Crippen molar-refractivity contribution >= 4 is 11.9 Å². The smallest absolute Gasteiger partial charge is 0.475 e. The molecule has 0 saturated carbocycles. The van der Waals surface area contributed by atoms with Gasteiger partial charge in [-0.3, -0.25) is 9.80 Å². The van der Waals surface area contributed by atoms with Crippen LogP contribution in [-0.4, -0.2) is 73.5 Å². The number of alkyl halides is 6. The second-order valence-corrected chi connectivity index (χ2v) is 8.27. The molecule has 0 radical (unpaired) electrons. The highest BCUT2D eigenvalue weighted by Crippen LogP contribution is 2.18. The molecular formula is C22H27F7N4O4. The SMILES string of the molecule is CC(C)N(C)Cc1cnc2n1CCN(Cc1cccc(F)c1)C2.O=C(O)C(F)(F)F.O=C(O)C(F)(F)F. The second-order valence-electron chi connectivity index (χ2n) is 8.27. The monoisotopic (exact) mass is 544 g/mol. The number of carbonyl (C=O) groups is 2. The van der Waals surface area contributed by atoms with Crippen LogP contribution in [0.5, 0.6) is 0 Å². The minimum atomic E-state index is -5.08. The molecule has 1 aromatic heterocycles. The van der Waals surface area contributed by atoms with E-state index in [1.54, 1.807) is 12.1 Å². The Bertz CT molecular complexity index is 1010. The largest absolute Gasteiger partial charge is 0.490 e. The maximum Gasteiger partial charge on any atom is 0.490 e. The fraction of sp³-hybridized carbons (Fsp3) is 0.500. The third-order valence-corrected chi connectivity index (χ3v) is 5.10. The quantitative estimate of drug-likeness (QED) is 0.546. The summed E-state index contributed by atoms with van der Waals surface area (Å²) >= 11 is 0. The van der Waals surface area contributed by atoms with Crippen molar-refractivity contribution in [2.75, 3.05) is 13.6 Å². The Morgan fingerprint density at radius 2 is 1.59 bits per heavy atom. The van der Waals surface area contributed by atoms with Gasteiger partial charge >= 0.3 is 24.3 Å². The first kappa shape index (κ1) is 31.8. The van der Waals surface area contributed by atoms with Crippen LogP contribution in [0, 0.1) is 5.82 Å². The number of aromatic nitrogens is 2. The molecule has 1 aliphatic rings. The summed E-state index contributed by atoms with van der Waals surface area (Å²) in [5.74, 6) is -4.57. The van der Waals surface area contributed by atoms with Gasteiger partial charge in [0.1, 0.15) is 11.6 Å². The highest BCUT2D eigenvalue weighted by atomic mass is 19.4. The number of halogens is 7. The molecule has 0 unspecified atom stereocenters. The van der Waals surface area contributed by atoms with E-state index in [0.29, 0.717) is 6.04 Å². The van der Waals surface area contributed by atoms with Gasteiger partial charge in [0.25, 0.3) is 0 Å². The Balaban J connectivity index is 0.000000404. The maximum absolute atomic E-state index is 13.3. The van der Waals surface area contributed by atoms with E-state index in [1.807, 2.05) is 12.3 Å². The van der Waals surface area contributed by atoms with Crippen molar-refractivity contribution in [1.29, 1.82) is 0 Å². The summed E-state index contributed by atoms with van der Waals surface area (Å²) in [7, 11) is 2.14. The van der Waals surface area contributed by atoms with Crippen molar-refractivity contribution in [2.45, 2.75) is 58.4 Å². The van der Waals surface area contributed by atoms with Crippen LogP contribution in [0.3, 0.4) is 0 Å². The van der Waals surface area contributed by atoms with E-state index in [1.165, 1.54) is 11.8 Å². The molecule has 37 heavy (non-hydrogen) atoms. The Kier molecular flexibility index (Phi) is 11.5. The Labute approximate surface area is 207 Å². The molecule has 0 bridgehead atoms. The van der Waals surface area contributed by atoms with E-state index in [2.05, 4.69) is 40.2 Å². The molecule has 2 heterocycles. The fourth-order valence-corrected chi connectivity index (χ4v) is 2.97. The molecule has 0 amide bonds. The van der Waals surface area contributed by atoms with Gasteiger partial charge in [0.2, 0.25) is 0 Å². The van der Waals surface area contributed by atoms with Crippen LogP contribution in [-0.2, 0) is 35.8 Å². The Morgan fingerprint density at radius 1 is 1.05 bits per heavy atom. The first-order valence-corrected chi connectivity index (χ1v) is 10.7. The van der Waals surface area contributed by atoms with Crippen LogP contribution in [0.15, 0.2) is 30.5 Å². The van der Waals surface area contributed by atoms with Crippen molar-refractivity contribution in [3.05, 3.63) is 53.4 Å². The summed E-state index contributed by atoms with van der Waals surface area (Å²) in [6.07, 6.45) is -8.17. The normalized spacial score (nSPS) is 13.8. The summed E-state index contributed by atoms with van der Waals surface area (Å²) in [5.41, 5.74) is 2.30. The van der Waals surface area contributed by atoms with E-state index in [0.717, 1.165) is 44.1 Å². The molecule has 0 saturated heterocycles. The van der Waals surface area contributed by atoms with E-state index in [4.69, 9.17) is 19.8 Å². The Morgan fingerprint density at radius 3 is 2.05 bits per heavy atom. The lowest BCUT2D eigenvalue weighted by Crippen LogP contribution is -2.35. The van der Waals surface area contributed by atoms with Gasteiger partial charge in [-0.15, -0.1) is 0 Å². The topological polar surface area (TPSA) is 98.9 Å². The van der Waals surface area contributed by atoms with Crippen LogP contribution >= 0.6 is 0 Å². The highest BCUT2D eigenvalue weighted by Gasteiger charge is 2.38. The fourth-order valence-electron chi connectivity index (χ4n) is 2.97. The molecule has 2 aromatic rings. The molecular weight excluding hydrogens is 517 g/mol. The third-order valence-electron chi connectivity index (χ3n) is 5.10. The average Bonchev–Trinajstić information content (AvgIpc) is 3.15. The van der Waals surface area contributed by atoms with Crippen molar-refractivity contribution in [3.63, 3.8) is 0 Å². The van der Waals surface area contributed by atoms with Gasteiger partial charge in [-0.2, -0.15) is 26.3 Å². The molecule has 0 atom stereocenters. The first-order chi connectivity index (χ1) is 16.9. The third kappa shape index (κ3) is 11.2. The number of rotatable bonds is 5. The van der Waals surface area contributed by atoms with Crippen molar-refractivity contribution in [3.8, 4) is 0 Å². The predicted octanol–water partition coefficient (Wildman–Crippen LogP) is 4.14. The van der Waals surface area contributed by atoms with Crippen LogP contribution in [0.25, 0.3) is 0 Å². The van der Waals surface area contributed by atoms with Gasteiger partial charge in [0.15, 0.2) is 0 Å². The van der Waals surface area contributed by atoms with Gasteiger partial charge < -0.3 is 14.8 Å². The number of fused-ring (bicyclic) bond motifs is 1. The number of benzene rings is 1. The number of hydrogen-bond acceptors (Lipinski definition) is 5. The molecule has 2 N–H and O–H groups in total. The molecule has 1 aromatic carbocycles. The van der Waals surface area contributed by atoms with Crippen LogP contribution < -0.4 is 0 Å². The zero-order valence-corrected chi connectivity index (χ0v) is 20.1.